The molecule has 1 atom stereocenters. The van der Waals surface area contributed by atoms with E-state index in [-0.39, 0.29) is 28.6 Å². The van der Waals surface area contributed by atoms with Gasteiger partial charge in [0.05, 0.1) is 5.56 Å². The second kappa shape index (κ2) is 8.80. The highest BCUT2D eigenvalue weighted by molar-refractivity contribution is 7.84. The van der Waals surface area contributed by atoms with E-state index in [9.17, 15) is 13.8 Å². The van der Waals surface area contributed by atoms with Gasteiger partial charge in [-0.2, -0.15) is 0 Å². The molecule has 0 radical (unpaired) electrons. The normalized spacial score (nSPS) is 21.8. The van der Waals surface area contributed by atoms with Crippen molar-refractivity contribution in [1.82, 2.24) is 0 Å². The molecule has 1 aliphatic rings. The van der Waals surface area contributed by atoms with Crippen LogP contribution in [0.15, 0.2) is 24.3 Å². The average molecular weight is 381 g/mol. The average Bonchev–Trinajstić information content (AvgIpc) is 2.54. The molecule has 2 rings (SSSR count). The van der Waals surface area contributed by atoms with Crippen LogP contribution in [0.1, 0.15) is 62.4 Å². The van der Waals surface area contributed by atoms with Gasteiger partial charge in [0.25, 0.3) is 0 Å². The number of benzene rings is 1. The molecule has 0 heterocycles. The molecule has 0 spiro atoms. The summed E-state index contributed by atoms with van der Waals surface area (Å²) in [6.45, 7) is 6.74. The summed E-state index contributed by atoms with van der Waals surface area (Å²) >= 11 is 0. The van der Waals surface area contributed by atoms with Crippen molar-refractivity contribution in [2.45, 2.75) is 58.3 Å². The minimum atomic E-state index is -1.37. The van der Waals surface area contributed by atoms with Crippen molar-refractivity contribution in [1.29, 1.82) is 0 Å². The van der Waals surface area contributed by atoms with Gasteiger partial charge in [-0.3, -0.25) is 9.00 Å². The molecule has 0 amide bonds. The minimum absolute atomic E-state index is 0.0621. The molecular weight excluding hydrogens is 352 g/mol. The summed E-state index contributed by atoms with van der Waals surface area (Å²) in [4.78, 5) is 22.9. The number of ether oxygens (including phenoxy) is 1. The molecule has 5 nitrogen and oxygen atoms in total. The van der Waals surface area contributed by atoms with Gasteiger partial charge in [-0.15, -0.1) is 0 Å². The van der Waals surface area contributed by atoms with Crippen molar-refractivity contribution >= 4 is 22.7 Å². The smallest absolute Gasteiger partial charge is 0.335 e. The Morgan fingerprint density at radius 2 is 1.69 bits per heavy atom. The number of carbonyl (C=O) groups is 2. The van der Waals surface area contributed by atoms with Crippen LogP contribution in [0.4, 0.5) is 0 Å². The first-order valence-electron chi connectivity index (χ1n) is 9.02. The second-order valence-corrected chi connectivity index (χ2v) is 9.52. The maximum atomic E-state index is 12.2. The van der Waals surface area contributed by atoms with Crippen molar-refractivity contribution in [3.8, 4) is 0 Å². The predicted molar refractivity (Wildman–Crippen MR) is 101 cm³/mol. The molecule has 0 saturated heterocycles. The number of carbonyl (C=O) groups excluding carboxylic acids is 1. The van der Waals surface area contributed by atoms with Gasteiger partial charge < -0.3 is 9.84 Å². The highest BCUT2D eigenvalue weighted by Crippen LogP contribution is 2.38. The van der Waals surface area contributed by atoms with Crippen LogP contribution < -0.4 is 0 Å². The van der Waals surface area contributed by atoms with Crippen LogP contribution in [0.25, 0.3) is 0 Å². The molecule has 1 aromatic rings. The van der Waals surface area contributed by atoms with Crippen LogP contribution >= 0.6 is 0 Å². The van der Waals surface area contributed by atoms with Gasteiger partial charge in [-0.25, -0.2) is 4.79 Å². The van der Waals surface area contributed by atoms with Gasteiger partial charge >= 0.3 is 11.9 Å². The molecule has 1 saturated carbocycles. The van der Waals surface area contributed by atoms with E-state index in [2.05, 4.69) is 20.8 Å². The van der Waals surface area contributed by atoms with Crippen molar-refractivity contribution < 1.29 is 23.6 Å². The Bertz CT molecular complexity index is 652. The van der Waals surface area contributed by atoms with E-state index in [1.54, 1.807) is 12.1 Å². The molecule has 144 valence electrons. The van der Waals surface area contributed by atoms with Crippen LogP contribution in [-0.2, 0) is 26.1 Å². The number of esters is 1. The lowest BCUT2D eigenvalue weighted by atomic mass is 9.72. The maximum absolute atomic E-state index is 12.2. The first kappa shape index (κ1) is 20.6. The Morgan fingerprint density at radius 3 is 2.19 bits per heavy atom. The van der Waals surface area contributed by atoms with Gasteiger partial charge in [0.15, 0.2) is 0 Å². The van der Waals surface area contributed by atoms with E-state index < -0.39 is 22.7 Å². The van der Waals surface area contributed by atoms with Gasteiger partial charge in [0.1, 0.15) is 11.9 Å². The lowest BCUT2D eigenvalue weighted by Crippen LogP contribution is -2.31. The van der Waals surface area contributed by atoms with E-state index in [0.717, 1.165) is 31.2 Å². The van der Waals surface area contributed by atoms with E-state index in [0.29, 0.717) is 5.92 Å². The fourth-order valence-electron chi connectivity index (χ4n) is 3.38. The number of carboxylic acids is 1. The molecular formula is C20H28O5S. The summed E-state index contributed by atoms with van der Waals surface area (Å²) in [6, 6.07) is 6.20. The fourth-order valence-corrected chi connectivity index (χ4v) is 4.38. The van der Waals surface area contributed by atoms with Crippen molar-refractivity contribution in [3.05, 3.63) is 35.4 Å². The van der Waals surface area contributed by atoms with E-state index in [1.807, 2.05) is 0 Å². The summed E-state index contributed by atoms with van der Waals surface area (Å²) in [5.74, 6) is -0.668. The first-order valence-corrected chi connectivity index (χ1v) is 10.5. The molecule has 26 heavy (non-hydrogen) atoms. The molecule has 0 bridgehead atoms. The van der Waals surface area contributed by atoms with Gasteiger partial charge in [0.2, 0.25) is 0 Å². The van der Waals surface area contributed by atoms with E-state index in [1.165, 1.54) is 12.1 Å². The number of carboxylic acid groups (broad SMARTS) is 1. The van der Waals surface area contributed by atoms with Crippen LogP contribution in [0.5, 0.6) is 0 Å². The zero-order valence-corrected chi connectivity index (χ0v) is 16.5. The molecule has 1 aromatic carbocycles. The SMILES string of the molecule is CC(C)(C)C1CCC(OC(=O)CS(=O)Cc2ccc(C(=O)O)cc2)CC1. The second-order valence-electron chi connectivity index (χ2n) is 8.06. The van der Waals surface area contributed by atoms with Crippen LogP contribution in [0.2, 0.25) is 0 Å². The Morgan fingerprint density at radius 1 is 1.12 bits per heavy atom. The highest BCUT2D eigenvalue weighted by atomic mass is 32.2. The Balaban J connectivity index is 1.75. The number of aromatic carboxylic acids is 1. The molecule has 1 unspecified atom stereocenters. The summed E-state index contributed by atoms with van der Waals surface area (Å²) in [6.07, 6.45) is 3.79. The molecule has 1 fully saturated rings. The summed E-state index contributed by atoms with van der Waals surface area (Å²) in [5, 5.41) is 8.87. The Kier molecular flexibility index (Phi) is 6.98. The highest BCUT2D eigenvalue weighted by Gasteiger charge is 2.31. The zero-order valence-electron chi connectivity index (χ0n) is 15.7. The summed E-state index contributed by atoms with van der Waals surface area (Å²) < 4.78 is 17.7. The summed E-state index contributed by atoms with van der Waals surface area (Å²) in [5.41, 5.74) is 1.21. The van der Waals surface area contributed by atoms with Gasteiger partial charge in [-0.1, -0.05) is 32.9 Å². The van der Waals surface area contributed by atoms with Gasteiger partial charge in [-0.05, 0) is 54.7 Å². The zero-order chi connectivity index (χ0) is 19.3. The van der Waals surface area contributed by atoms with Crippen molar-refractivity contribution in [3.63, 3.8) is 0 Å². The third kappa shape index (κ3) is 6.24. The maximum Gasteiger partial charge on any atom is 0.335 e. The number of rotatable bonds is 6. The van der Waals surface area contributed by atoms with E-state index in [4.69, 9.17) is 9.84 Å². The standard InChI is InChI=1S/C20H28O5S/c1-20(2,3)16-8-10-17(11-9-16)25-18(21)13-26(24)12-14-4-6-15(7-5-14)19(22)23/h4-7,16-17H,8-13H2,1-3H3,(H,22,23). The van der Waals surface area contributed by atoms with Crippen LogP contribution in [0.3, 0.4) is 0 Å². The number of hydrogen-bond donors (Lipinski definition) is 1. The Labute approximate surface area is 157 Å². The van der Waals surface area contributed by atoms with Crippen molar-refractivity contribution in [2.75, 3.05) is 5.75 Å². The topological polar surface area (TPSA) is 80.7 Å². The molecule has 1 N–H and O–H groups in total. The van der Waals surface area contributed by atoms with Crippen LogP contribution in [0, 0.1) is 11.3 Å². The largest absolute Gasteiger partial charge is 0.478 e. The monoisotopic (exact) mass is 380 g/mol. The lowest BCUT2D eigenvalue weighted by Gasteiger charge is -2.36. The van der Waals surface area contributed by atoms with Crippen molar-refractivity contribution in [2.24, 2.45) is 11.3 Å². The molecule has 0 aromatic heterocycles. The quantitative estimate of drug-likeness (QED) is 0.760. The molecule has 6 heteroatoms. The lowest BCUT2D eigenvalue weighted by molar-refractivity contribution is -0.148. The fraction of sp³-hybridized carbons (Fsp3) is 0.600. The minimum Gasteiger partial charge on any atom is -0.478 e. The van der Waals surface area contributed by atoms with Crippen LogP contribution in [-0.4, -0.2) is 33.1 Å². The van der Waals surface area contributed by atoms with Gasteiger partial charge in [0, 0.05) is 16.6 Å². The first-order chi connectivity index (χ1) is 12.1. The predicted octanol–water partition coefficient (Wildman–Crippen LogP) is 3.78. The van der Waals surface area contributed by atoms with E-state index >= 15 is 0 Å². The third-order valence-corrected chi connectivity index (χ3v) is 6.22. The molecule has 1 aliphatic carbocycles. The third-order valence-electron chi connectivity index (χ3n) is 5.00. The number of hydrogen-bond acceptors (Lipinski definition) is 4. The Hall–Kier alpha value is -1.69. The molecule has 0 aliphatic heterocycles. The summed E-state index contributed by atoms with van der Waals surface area (Å²) in [7, 11) is -1.37.